The Morgan fingerprint density at radius 3 is 1.50 bits per heavy atom. The Hall–Kier alpha value is 0.297. The van der Waals surface area contributed by atoms with Crippen molar-refractivity contribution in [2.45, 2.75) is 0 Å². The van der Waals surface area contributed by atoms with Gasteiger partial charge in [0.15, 0.2) is 0 Å². The topological polar surface area (TPSA) is 0 Å². The van der Waals surface area contributed by atoms with E-state index in [-0.39, 0.29) is 0 Å². The summed E-state index contributed by atoms with van der Waals surface area (Å²) in [5, 5.41) is 0. The van der Waals surface area contributed by atoms with E-state index in [1.165, 1.54) is 0 Å². The second-order valence-corrected chi connectivity index (χ2v) is 3.05. The van der Waals surface area contributed by atoms with Crippen molar-refractivity contribution in [3.63, 3.8) is 0 Å². The Morgan fingerprint density at radius 2 is 1.50 bits per heavy atom. The molecule has 0 nitrogen and oxygen atoms in total. The maximum Gasteiger partial charge on any atom is 0.631 e. The Balaban J connectivity index is 3.17. The van der Waals surface area contributed by atoms with Crippen LogP contribution in [-0.2, 0) is 0 Å². The molecule has 0 N–H and O–H groups in total. The first-order valence-corrected chi connectivity index (χ1v) is 3.56. The SMILES string of the molecule is F[Si](F)(F)CCl. The quantitative estimate of drug-likeness (QED) is 0.290. The van der Waals surface area contributed by atoms with Crippen LogP contribution in [0.4, 0.5) is 12.3 Å². The fraction of sp³-hybridized carbons (Fsp3) is 1.00. The highest BCUT2D eigenvalue weighted by atomic mass is 35.5. The predicted octanol–water partition coefficient (Wildman–Crippen LogP) is 1.61. The van der Waals surface area contributed by atoms with E-state index in [1.807, 2.05) is 0 Å². The molecule has 0 aliphatic carbocycles. The molecule has 0 bridgehead atoms. The van der Waals surface area contributed by atoms with Crippen LogP contribution < -0.4 is 0 Å². The normalized spacial score (nSPS) is 12.0. The third-order valence-electron chi connectivity index (χ3n) is 0.152. The van der Waals surface area contributed by atoms with E-state index in [9.17, 15) is 12.3 Å². The van der Waals surface area contributed by atoms with Crippen LogP contribution in [0.5, 0.6) is 0 Å². The molecule has 0 aliphatic heterocycles. The predicted molar refractivity (Wildman–Crippen MR) is 19.8 cm³/mol. The van der Waals surface area contributed by atoms with Gasteiger partial charge in [-0.15, -0.1) is 11.6 Å². The smallest absolute Gasteiger partial charge is 0.237 e. The maximum absolute atomic E-state index is 10.8. The Kier molecular flexibility index (Phi) is 1.93. The minimum absolute atomic E-state index is 1.12. The first-order valence-electron chi connectivity index (χ1n) is 1.19. The van der Waals surface area contributed by atoms with Gasteiger partial charge in [0.25, 0.3) is 0 Å². The molecule has 0 aromatic rings. The Labute approximate surface area is 39.4 Å². The van der Waals surface area contributed by atoms with Crippen LogP contribution in [0.1, 0.15) is 0 Å². The fourth-order valence-electron chi connectivity index (χ4n) is 0. The molecule has 0 saturated heterocycles. The lowest BCUT2D eigenvalue weighted by atomic mass is 11.9. The van der Waals surface area contributed by atoms with Crippen LogP contribution >= 0.6 is 11.6 Å². The van der Waals surface area contributed by atoms with Crippen LogP contribution in [0.3, 0.4) is 0 Å². The number of alkyl halides is 1. The number of hydrogen-bond acceptors (Lipinski definition) is 0. The lowest BCUT2D eigenvalue weighted by Gasteiger charge is -1.89. The van der Waals surface area contributed by atoms with E-state index in [1.54, 1.807) is 0 Å². The lowest BCUT2D eigenvalue weighted by molar-refractivity contribution is 0.484. The van der Waals surface area contributed by atoms with Gasteiger partial charge in [-0.3, -0.25) is 0 Å². The molecule has 0 aromatic carbocycles. The van der Waals surface area contributed by atoms with Crippen molar-refractivity contribution < 1.29 is 12.3 Å². The van der Waals surface area contributed by atoms with Gasteiger partial charge in [-0.05, 0) is 0 Å². The summed E-state index contributed by atoms with van der Waals surface area (Å²) in [7, 11) is -5.37. The summed E-state index contributed by atoms with van der Waals surface area (Å²) in [5.41, 5.74) is -1.12. The van der Waals surface area contributed by atoms with E-state index in [2.05, 4.69) is 11.6 Å². The van der Waals surface area contributed by atoms with Gasteiger partial charge in [0.1, 0.15) is 5.50 Å². The van der Waals surface area contributed by atoms with E-state index < -0.39 is 14.6 Å². The van der Waals surface area contributed by atoms with Gasteiger partial charge in [0, 0.05) is 0 Å². The monoisotopic (exact) mass is 134 g/mol. The minimum atomic E-state index is -5.37. The molecule has 5 heteroatoms. The average molecular weight is 135 g/mol. The molecule has 38 valence electrons. The molecule has 0 spiro atoms. The molecule has 0 fully saturated rings. The lowest BCUT2D eigenvalue weighted by Crippen LogP contribution is -2.16. The highest BCUT2D eigenvalue weighted by Crippen LogP contribution is 2.08. The highest BCUT2D eigenvalue weighted by molar-refractivity contribution is 6.67. The van der Waals surface area contributed by atoms with E-state index >= 15 is 0 Å². The van der Waals surface area contributed by atoms with Gasteiger partial charge in [0.05, 0.1) is 0 Å². The fourth-order valence-corrected chi connectivity index (χ4v) is 0. The van der Waals surface area contributed by atoms with Crippen LogP contribution in [0, 0.1) is 0 Å². The zero-order chi connectivity index (χ0) is 5.21. The Morgan fingerprint density at radius 1 is 1.33 bits per heavy atom. The molecule has 0 saturated carbocycles. The molecule has 6 heavy (non-hydrogen) atoms. The van der Waals surface area contributed by atoms with Crippen molar-refractivity contribution >= 4 is 20.7 Å². The first-order chi connectivity index (χ1) is 2.56. The van der Waals surface area contributed by atoms with E-state index in [0.717, 1.165) is 0 Å². The summed E-state index contributed by atoms with van der Waals surface area (Å²) in [5.74, 6) is 0. The Bertz CT molecular complexity index is 40.5. The molecule has 0 atom stereocenters. The van der Waals surface area contributed by atoms with Gasteiger partial charge in [0.2, 0.25) is 0 Å². The van der Waals surface area contributed by atoms with E-state index in [4.69, 9.17) is 0 Å². The number of rotatable bonds is 1. The molecule has 0 unspecified atom stereocenters. The van der Waals surface area contributed by atoms with Crippen LogP contribution in [0.2, 0.25) is 0 Å². The van der Waals surface area contributed by atoms with Gasteiger partial charge in [-0.25, -0.2) is 12.3 Å². The van der Waals surface area contributed by atoms with Crippen molar-refractivity contribution in [1.82, 2.24) is 0 Å². The second-order valence-electron chi connectivity index (χ2n) is 0.749. The molecular formula is CH2ClF3Si. The zero-order valence-electron chi connectivity index (χ0n) is 2.72. The molecule has 0 aliphatic rings. The summed E-state index contributed by atoms with van der Waals surface area (Å²) in [6.07, 6.45) is 0. The van der Waals surface area contributed by atoms with Crippen LogP contribution in [0.25, 0.3) is 0 Å². The average Bonchev–Trinajstić information content (AvgIpc) is 1.35. The van der Waals surface area contributed by atoms with E-state index in [0.29, 0.717) is 0 Å². The zero-order valence-corrected chi connectivity index (χ0v) is 4.47. The maximum atomic E-state index is 10.8. The third-order valence-corrected chi connectivity index (χ3v) is 1.36. The van der Waals surface area contributed by atoms with Gasteiger partial charge in [-0.2, -0.15) is 0 Å². The molecule has 0 amide bonds. The summed E-state index contributed by atoms with van der Waals surface area (Å²) in [6, 6.07) is 0. The van der Waals surface area contributed by atoms with Crippen LogP contribution in [0.15, 0.2) is 0 Å². The van der Waals surface area contributed by atoms with Crippen LogP contribution in [-0.4, -0.2) is 14.6 Å². The summed E-state index contributed by atoms with van der Waals surface area (Å²) in [6.45, 7) is 0. The number of hydrogen-bond donors (Lipinski definition) is 0. The van der Waals surface area contributed by atoms with Gasteiger partial charge < -0.3 is 0 Å². The minimum Gasteiger partial charge on any atom is -0.237 e. The summed E-state index contributed by atoms with van der Waals surface area (Å²) < 4.78 is 32.4. The van der Waals surface area contributed by atoms with Crippen molar-refractivity contribution in [1.29, 1.82) is 0 Å². The summed E-state index contributed by atoms with van der Waals surface area (Å²) >= 11 is 4.41. The van der Waals surface area contributed by atoms with Gasteiger partial charge in [-0.1, -0.05) is 0 Å². The number of halogens is 4. The molecule has 0 heterocycles. The standard InChI is InChI=1S/CH2ClF3Si/c2-1-6(3,4)5/h1H2. The van der Waals surface area contributed by atoms with Crippen molar-refractivity contribution in [3.8, 4) is 0 Å². The molecule has 0 rings (SSSR count). The molecular weight excluding hydrogens is 133 g/mol. The van der Waals surface area contributed by atoms with Crippen molar-refractivity contribution in [2.75, 3.05) is 5.50 Å². The largest absolute Gasteiger partial charge is 0.631 e. The van der Waals surface area contributed by atoms with Crippen molar-refractivity contribution in [2.24, 2.45) is 0 Å². The van der Waals surface area contributed by atoms with Crippen molar-refractivity contribution in [3.05, 3.63) is 0 Å². The molecule has 0 aromatic heterocycles. The third kappa shape index (κ3) is 4.30. The van der Waals surface area contributed by atoms with Gasteiger partial charge >= 0.3 is 9.08 Å². The second kappa shape index (κ2) is 1.84. The first kappa shape index (κ1) is 6.30. The highest BCUT2D eigenvalue weighted by Gasteiger charge is 2.34. The summed E-state index contributed by atoms with van der Waals surface area (Å²) in [4.78, 5) is 0. The molecule has 0 radical (unpaired) electrons.